The molecule has 3 heteroatoms. The van der Waals surface area contributed by atoms with Crippen molar-refractivity contribution in [1.29, 1.82) is 0 Å². The molecular weight excluding hydrogens is 264 g/mol. The molecule has 3 N–H and O–H groups in total. The van der Waals surface area contributed by atoms with Crippen molar-refractivity contribution in [3.05, 3.63) is 34.3 Å². The Kier molecular flexibility index (Phi) is 4.38. The van der Waals surface area contributed by atoms with Crippen LogP contribution in [0.4, 0.5) is 0 Å². The third kappa shape index (κ3) is 2.84. The molecule has 88 valence electrons. The van der Waals surface area contributed by atoms with Crippen molar-refractivity contribution in [2.45, 2.75) is 18.8 Å². The van der Waals surface area contributed by atoms with E-state index in [4.69, 9.17) is 5.73 Å². The van der Waals surface area contributed by atoms with Gasteiger partial charge in [-0.3, -0.25) is 0 Å². The maximum Gasteiger partial charge on any atom is 0.0175 e. The third-order valence-electron chi connectivity index (χ3n) is 3.50. The summed E-state index contributed by atoms with van der Waals surface area (Å²) < 4.78 is 1.14. The second-order valence-corrected chi connectivity index (χ2v) is 5.40. The molecule has 1 heterocycles. The number of piperidine rings is 1. The van der Waals surface area contributed by atoms with Crippen LogP contribution in [0, 0.1) is 5.92 Å². The maximum absolute atomic E-state index is 5.94. The fourth-order valence-corrected chi connectivity index (χ4v) is 2.82. The summed E-state index contributed by atoms with van der Waals surface area (Å²) in [4.78, 5) is 0. The Bertz CT molecular complexity index is 317. The summed E-state index contributed by atoms with van der Waals surface area (Å²) in [6.45, 7) is 3.03. The van der Waals surface area contributed by atoms with Crippen molar-refractivity contribution in [2.75, 3.05) is 19.6 Å². The van der Waals surface area contributed by atoms with E-state index in [1.54, 1.807) is 0 Å². The van der Waals surface area contributed by atoms with Gasteiger partial charge in [-0.2, -0.15) is 0 Å². The van der Waals surface area contributed by atoms with Gasteiger partial charge in [-0.15, -0.1) is 0 Å². The van der Waals surface area contributed by atoms with Crippen LogP contribution in [0.25, 0.3) is 0 Å². The number of rotatable bonds is 3. The summed E-state index contributed by atoms with van der Waals surface area (Å²) >= 11 is 3.47. The van der Waals surface area contributed by atoms with E-state index in [-0.39, 0.29) is 0 Å². The lowest BCUT2D eigenvalue weighted by Crippen LogP contribution is -2.33. The van der Waals surface area contributed by atoms with Crippen LogP contribution in [0.1, 0.15) is 24.3 Å². The number of hydrogen-bond acceptors (Lipinski definition) is 2. The largest absolute Gasteiger partial charge is 0.330 e. The molecular formula is C13H19BrN2. The van der Waals surface area contributed by atoms with Crippen LogP contribution in [0.3, 0.4) is 0 Å². The fraction of sp³-hybridized carbons (Fsp3) is 0.538. The summed E-state index contributed by atoms with van der Waals surface area (Å²) in [7, 11) is 0. The molecule has 1 saturated heterocycles. The molecule has 1 aromatic carbocycles. The molecule has 0 saturated carbocycles. The summed E-state index contributed by atoms with van der Waals surface area (Å²) in [5.74, 6) is 1.27. The molecule has 1 aliphatic heterocycles. The Morgan fingerprint density at radius 3 is 2.44 bits per heavy atom. The Labute approximate surface area is 106 Å². The minimum atomic E-state index is 0.523. The Morgan fingerprint density at radius 1 is 1.25 bits per heavy atom. The summed E-state index contributed by atoms with van der Waals surface area (Å²) in [6, 6.07) is 8.62. The second-order valence-electron chi connectivity index (χ2n) is 4.48. The van der Waals surface area contributed by atoms with Crippen LogP contribution >= 0.6 is 15.9 Å². The van der Waals surface area contributed by atoms with E-state index < -0.39 is 0 Å². The van der Waals surface area contributed by atoms with Gasteiger partial charge < -0.3 is 11.1 Å². The van der Waals surface area contributed by atoms with E-state index in [0.29, 0.717) is 5.92 Å². The molecule has 1 aliphatic rings. The molecule has 2 nitrogen and oxygen atoms in total. The molecule has 0 amide bonds. The van der Waals surface area contributed by atoms with Gasteiger partial charge in [-0.1, -0.05) is 28.1 Å². The third-order valence-corrected chi connectivity index (χ3v) is 4.03. The van der Waals surface area contributed by atoms with E-state index in [2.05, 4.69) is 45.5 Å². The SMILES string of the molecule is NCC(c1ccc(Br)cc1)C1CCNCC1. The van der Waals surface area contributed by atoms with Gasteiger partial charge in [0.25, 0.3) is 0 Å². The standard InChI is InChI=1S/C13H19BrN2/c14-12-3-1-10(2-4-12)13(9-15)11-5-7-16-8-6-11/h1-4,11,13,16H,5-9,15H2. The van der Waals surface area contributed by atoms with Gasteiger partial charge in [-0.05, 0) is 62.0 Å². The van der Waals surface area contributed by atoms with Crippen LogP contribution in [-0.2, 0) is 0 Å². The predicted molar refractivity (Wildman–Crippen MR) is 71.5 cm³/mol. The average molecular weight is 283 g/mol. The second kappa shape index (κ2) is 5.80. The summed E-state index contributed by atoms with van der Waals surface area (Å²) in [5, 5.41) is 3.41. The van der Waals surface area contributed by atoms with Gasteiger partial charge in [-0.25, -0.2) is 0 Å². The van der Waals surface area contributed by atoms with Crippen molar-refractivity contribution in [3.63, 3.8) is 0 Å². The summed E-state index contributed by atoms with van der Waals surface area (Å²) in [6.07, 6.45) is 2.50. The first-order valence-electron chi connectivity index (χ1n) is 5.97. The monoisotopic (exact) mass is 282 g/mol. The normalized spacial score (nSPS) is 19.6. The minimum Gasteiger partial charge on any atom is -0.330 e. The highest BCUT2D eigenvalue weighted by molar-refractivity contribution is 9.10. The van der Waals surface area contributed by atoms with Crippen molar-refractivity contribution in [3.8, 4) is 0 Å². The molecule has 1 atom stereocenters. The van der Waals surface area contributed by atoms with Crippen LogP contribution in [0.2, 0.25) is 0 Å². The smallest absolute Gasteiger partial charge is 0.0175 e. The molecule has 0 aromatic heterocycles. The van der Waals surface area contributed by atoms with Crippen LogP contribution in [0.15, 0.2) is 28.7 Å². The molecule has 1 aromatic rings. The van der Waals surface area contributed by atoms with Gasteiger partial charge >= 0.3 is 0 Å². The molecule has 1 fully saturated rings. The first-order valence-corrected chi connectivity index (χ1v) is 6.77. The molecule has 0 aliphatic carbocycles. The molecule has 0 bridgehead atoms. The van der Waals surface area contributed by atoms with E-state index >= 15 is 0 Å². The molecule has 16 heavy (non-hydrogen) atoms. The molecule has 0 spiro atoms. The molecule has 0 radical (unpaired) electrons. The Morgan fingerprint density at radius 2 is 1.88 bits per heavy atom. The lowest BCUT2D eigenvalue weighted by atomic mass is 9.80. The highest BCUT2D eigenvalue weighted by atomic mass is 79.9. The van der Waals surface area contributed by atoms with E-state index in [0.717, 1.165) is 30.0 Å². The number of benzene rings is 1. The van der Waals surface area contributed by atoms with Gasteiger partial charge in [0.2, 0.25) is 0 Å². The highest BCUT2D eigenvalue weighted by Crippen LogP contribution is 2.30. The van der Waals surface area contributed by atoms with Gasteiger partial charge in [0.05, 0.1) is 0 Å². The number of halogens is 1. The minimum absolute atomic E-state index is 0.523. The Hall–Kier alpha value is -0.380. The average Bonchev–Trinajstić information content (AvgIpc) is 2.34. The van der Waals surface area contributed by atoms with Gasteiger partial charge in [0, 0.05) is 4.47 Å². The zero-order valence-corrected chi connectivity index (χ0v) is 11.0. The first kappa shape index (κ1) is 12.1. The quantitative estimate of drug-likeness (QED) is 0.894. The van der Waals surface area contributed by atoms with Crippen molar-refractivity contribution in [1.82, 2.24) is 5.32 Å². The fourth-order valence-electron chi connectivity index (χ4n) is 2.56. The van der Waals surface area contributed by atoms with Crippen molar-refractivity contribution < 1.29 is 0 Å². The maximum atomic E-state index is 5.94. The van der Waals surface area contributed by atoms with Crippen molar-refractivity contribution >= 4 is 15.9 Å². The highest BCUT2D eigenvalue weighted by Gasteiger charge is 2.23. The zero-order chi connectivity index (χ0) is 11.4. The lowest BCUT2D eigenvalue weighted by molar-refractivity contribution is 0.321. The number of hydrogen-bond donors (Lipinski definition) is 2. The van der Waals surface area contributed by atoms with E-state index in [1.807, 2.05) is 0 Å². The van der Waals surface area contributed by atoms with Crippen LogP contribution in [-0.4, -0.2) is 19.6 Å². The Balaban J connectivity index is 2.11. The van der Waals surface area contributed by atoms with E-state index in [1.165, 1.54) is 18.4 Å². The lowest BCUT2D eigenvalue weighted by Gasteiger charge is -2.30. The van der Waals surface area contributed by atoms with Gasteiger partial charge in [0.15, 0.2) is 0 Å². The van der Waals surface area contributed by atoms with Crippen molar-refractivity contribution in [2.24, 2.45) is 11.7 Å². The topological polar surface area (TPSA) is 38.0 Å². The number of nitrogens with one attached hydrogen (secondary N) is 1. The van der Waals surface area contributed by atoms with Crippen LogP contribution < -0.4 is 11.1 Å². The zero-order valence-electron chi connectivity index (χ0n) is 9.45. The first-order chi connectivity index (χ1) is 7.81. The molecule has 2 rings (SSSR count). The van der Waals surface area contributed by atoms with E-state index in [9.17, 15) is 0 Å². The predicted octanol–water partition coefficient (Wildman–Crippen LogP) is 2.49. The summed E-state index contributed by atoms with van der Waals surface area (Å²) in [5.41, 5.74) is 7.33. The number of nitrogens with two attached hydrogens (primary N) is 1. The van der Waals surface area contributed by atoms with Gasteiger partial charge in [0.1, 0.15) is 0 Å². The van der Waals surface area contributed by atoms with Crippen LogP contribution in [0.5, 0.6) is 0 Å². The molecule has 1 unspecified atom stereocenters.